The van der Waals surface area contributed by atoms with Gasteiger partial charge in [0.1, 0.15) is 5.75 Å². The van der Waals surface area contributed by atoms with Crippen LogP contribution in [0.3, 0.4) is 0 Å². The number of amides is 1. The molecule has 2 heterocycles. The molecule has 1 aliphatic rings. The van der Waals surface area contributed by atoms with Crippen LogP contribution in [-0.4, -0.2) is 33.7 Å². The van der Waals surface area contributed by atoms with Gasteiger partial charge in [-0.05, 0) is 44.4 Å². The van der Waals surface area contributed by atoms with Crippen molar-refractivity contribution in [2.45, 2.75) is 32.7 Å². The van der Waals surface area contributed by atoms with Gasteiger partial charge in [0, 0.05) is 19.3 Å². The van der Waals surface area contributed by atoms with Gasteiger partial charge in [-0.15, -0.1) is 0 Å². The van der Waals surface area contributed by atoms with Crippen LogP contribution in [0.5, 0.6) is 5.75 Å². The molecule has 0 aliphatic carbocycles. The van der Waals surface area contributed by atoms with Crippen LogP contribution in [0.2, 0.25) is 0 Å². The fourth-order valence-corrected chi connectivity index (χ4v) is 3.17. The summed E-state index contributed by atoms with van der Waals surface area (Å²) in [5.41, 5.74) is 2.78. The van der Waals surface area contributed by atoms with Crippen molar-refractivity contribution >= 4 is 5.91 Å². The molecule has 1 unspecified atom stereocenters. The minimum absolute atomic E-state index is 0.0759. The van der Waals surface area contributed by atoms with Crippen molar-refractivity contribution in [1.29, 1.82) is 0 Å². The van der Waals surface area contributed by atoms with Gasteiger partial charge in [0.05, 0.1) is 24.4 Å². The number of rotatable bonds is 4. The van der Waals surface area contributed by atoms with Gasteiger partial charge in [-0.2, -0.15) is 5.10 Å². The molecule has 5 heteroatoms. The first-order valence-electron chi connectivity index (χ1n) is 8.14. The van der Waals surface area contributed by atoms with Gasteiger partial charge < -0.3 is 9.64 Å². The SMILES string of the molecule is CCOc1ccc(C2CCCN2C(=O)c2cnn(C)c2C)cc1. The molecule has 1 fully saturated rings. The van der Waals surface area contributed by atoms with Crippen molar-refractivity contribution in [2.75, 3.05) is 13.2 Å². The highest BCUT2D eigenvalue weighted by atomic mass is 16.5. The first-order chi connectivity index (χ1) is 11.1. The number of likely N-dealkylation sites (tertiary alicyclic amines) is 1. The number of carbonyl (C=O) groups is 1. The van der Waals surface area contributed by atoms with E-state index in [9.17, 15) is 4.79 Å². The molecule has 0 radical (unpaired) electrons. The van der Waals surface area contributed by atoms with Crippen molar-refractivity contribution in [2.24, 2.45) is 7.05 Å². The van der Waals surface area contributed by atoms with E-state index in [4.69, 9.17) is 4.74 Å². The largest absolute Gasteiger partial charge is 0.494 e. The van der Waals surface area contributed by atoms with Crippen LogP contribution >= 0.6 is 0 Å². The number of aryl methyl sites for hydroxylation is 1. The van der Waals surface area contributed by atoms with E-state index in [0.29, 0.717) is 12.2 Å². The van der Waals surface area contributed by atoms with Crippen molar-refractivity contribution in [3.8, 4) is 5.75 Å². The Labute approximate surface area is 136 Å². The van der Waals surface area contributed by atoms with Crippen molar-refractivity contribution in [1.82, 2.24) is 14.7 Å². The Morgan fingerprint density at radius 1 is 1.35 bits per heavy atom. The standard InChI is InChI=1S/C18H23N3O2/c1-4-23-15-9-7-14(8-10-15)17-6-5-11-21(17)18(22)16-12-19-20(3)13(16)2/h7-10,12,17H,4-6,11H2,1-3H3. The smallest absolute Gasteiger partial charge is 0.257 e. The van der Waals surface area contributed by atoms with Crippen LogP contribution in [0.25, 0.3) is 0 Å². The van der Waals surface area contributed by atoms with E-state index < -0.39 is 0 Å². The van der Waals surface area contributed by atoms with E-state index >= 15 is 0 Å². The van der Waals surface area contributed by atoms with E-state index in [1.807, 2.05) is 37.9 Å². The van der Waals surface area contributed by atoms with Gasteiger partial charge in [-0.25, -0.2) is 0 Å². The molecule has 1 atom stereocenters. The van der Waals surface area contributed by atoms with Gasteiger partial charge in [-0.3, -0.25) is 9.48 Å². The maximum atomic E-state index is 12.9. The number of aromatic nitrogens is 2. The second kappa shape index (κ2) is 6.44. The highest BCUT2D eigenvalue weighted by molar-refractivity contribution is 5.95. The van der Waals surface area contributed by atoms with Crippen LogP contribution in [0, 0.1) is 6.92 Å². The number of hydrogen-bond donors (Lipinski definition) is 0. The molecule has 3 rings (SSSR count). The Hall–Kier alpha value is -2.30. The van der Waals surface area contributed by atoms with Crippen LogP contribution < -0.4 is 4.74 Å². The fraction of sp³-hybridized carbons (Fsp3) is 0.444. The molecule has 23 heavy (non-hydrogen) atoms. The lowest BCUT2D eigenvalue weighted by Gasteiger charge is -2.25. The van der Waals surface area contributed by atoms with E-state index in [0.717, 1.165) is 30.8 Å². The Morgan fingerprint density at radius 3 is 2.70 bits per heavy atom. The lowest BCUT2D eigenvalue weighted by Crippen LogP contribution is -2.30. The summed E-state index contributed by atoms with van der Waals surface area (Å²) in [5, 5.41) is 4.19. The fourth-order valence-electron chi connectivity index (χ4n) is 3.17. The normalized spacial score (nSPS) is 17.5. The third-order valence-corrected chi connectivity index (χ3v) is 4.56. The predicted molar refractivity (Wildman–Crippen MR) is 88.6 cm³/mol. The summed E-state index contributed by atoms with van der Waals surface area (Å²) < 4.78 is 7.24. The van der Waals surface area contributed by atoms with E-state index in [1.165, 1.54) is 5.56 Å². The maximum Gasteiger partial charge on any atom is 0.257 e. The first kappa shape index (κ1) is 15.6. The van der Waals surface area contributed by atoms with Gasteiger partial charge in [0.15, 0.2) is 0 Å². The quantitative estimate of drug-likeness (QED) is 0.871. The minimum Gasteiger partial charge on any atom is -0.494 e. The maximum absolute atomic E-state index is 12.9. The molecule has 0 N–H and O–H groups in total. The van der Waals surface area contributed by atoms with E-state index in [-0.39, 0.29) is 11.9 Å². The second-order valence-electron chi connectivity index (χ2n) is 5.93. The average Bonchev–Trinajstić information content (AvgIpc) is 3.16. The predicted octanol–water partition coefficient (Wildman–Crippen LogP) is 3.10. The first-order valence-corrected chi connectivity index (χ1v) is 8.14. The molecule has 1 saturated heterocycles. The lowest BCUT2D eigenvalue weighted by molar-refractivity contribution is 0.0735. The Kier molecular flexibility index (Phi) is 4.37. The Morgan fingerprint density at radius 2 is 2.09 bits per heavy atom. The van der Waals surface area contributed by atoms with Crippen molar-refractivity contribution in [3.63, 3.8) is 0 Å². The molecule has 0 bridgehead atoms. The molecule has 1 aromatic heterocycles. The Balaban J connectivity index is 1.82. The third-order valence-electron chi connectivity index (χ3n) is 4.56. The molecule has 5 nitrogen and oxygen atoms in total. The summed E-state index contributed by atoms with van der Waals surface area (Å²) in [7, 11) is 1.86. The number of nitrogens with zero attached hydrogens (tertiary/aromatic N) is 3. The molecule has 2 aromatic rings. The number of hydrogen-bond acceptors (Lipinski definition) is 3. The number of benzene rings is 1. The number of ether oxygens (including phenoxy) is 1. The van der Waals surface area contributed by atoms with Crippen molar-refractivity contribution in [3.05, 3.63) is 47.3 Å². The summed E-state index contributed by atoms with van der Waals surface area (Å²) in [6.07, 6.45) is 3.70. The molecule has 1 aliphatic heterocycles. The molecule has 122 valence electrons. The summed E-state index contributed by atoms with van der Waals surface area (Å²) in [4.78, 5) is 14.9. The van der Waals surface area contributed by atoms with Gasteiger partial charge in [0.25, 0.3) is 5.91 Å². The van der Waals surface area contributed by atoms with E-state index in [1.54, 1.807) is 10.9 Å². The average molecular weight is 313 g/mol. The van der Waals surface area contributed by atoms with Gasteiger partial charge in [0.2, 0.25) is 0 Å². The monoisotopic (exact) mass is 313 g/mol. The highest BCUT2D eigenvalue weighted by Crippen LogP contribution is 2.34. The van der Waals surface area contributed by atoms with Crippen LogP contribution in [0.1, 0.15) is 47.4 Å². The second-order valence-corrected chi connectivity index (χ2v) is 5.93. The lowest BCUT2D eigenvalue weighted by atomic mass is 10.0. The topological polar surface area (TPSA) is 47.4 Å². The molecule has 0 saturated carbocycles. The van der Waals surface area contributed by atoms with Crippen molar-refractivity contribution < 1.29 is 9.53 Å². The van der Waals surface area contributed by atoms with Crippen LogP contribution in [0.4, 0.5) is 0 Å². The highest BCUT2D eigenvalue weighted by Gasteiger charge is 2.31. The molecule has 1 amide bonds. The molecular weight excluding hydrogens is 290 g/mol. The molecule has 1 aromatic carbocycles. The summed E-state index contributed by atoms with van der Waals surface area (Å²) in [5.74, 6) is 0.946. The van der Waals surface area contributed by atoms with Crippen LogP contribution in [-0.2, 0) is 7.05 Å². The zero-order chi connectivity index (χ0) is 16.4. The minimum atomic E-state index is 0.0759. The van der Waals surface area contributed by atoms with E-state index in [2.05, 4.69) is 17.2 Å². The zero-order valence-corrected chi connectivity index (χ0v) is 14.0. The summed E-state index contributed by atoms with van der Waals surface area (Å²) >= 11 is 0. The Bertz CT molecular complexity index is 691. The zero-order valence-electron chi connectivity index (χ0n) is 14.0. The summed E-state index contributed by atoms with van der Waals surface area (Å²) in [6, 6.07) is 8.23. The summed E-state index contributed by atoms with van der Waals surface area (Å²) in [6.45, 7) is 5.36. The van der Waals surface area contributed by atoms with Gasteiger partial charge in [-0.1, -0.05) is 12.1 Å². The molecular formula is C18H23N3O2. The van der Waals surface area contributed by atoms with Gasteiger partial charge >= 0.3 is 0 Å². The number of carbonyl (C=O) groups excluding carboxylic acids is 1. The third kappa shape index (κ3) is 2.96. The molecule has 0 spiro atoms. The van der Waals surface area contributed by atoms with Crippen LogP contribution in [0.15, 0.2) is 30.5 Å².